The Bertz CT molecular complexity index is 394. The topological polar surface area (TPSA) is 35.2 Å². The first-order valence-electron chi connectivity index (χ1n) is 6.85. The van der Waals surface area contributed by atoms with Gasteiger partial charge in [-0.25, -0.2) is 0 Å². The molecule has 0 heterocycles. The fourth-order valence-electron chi connectivity index (χ4n) is 2.49. The summed E-state index contributed by atoms with van der Waals surface area (Å²) in [6.45, 7) is 2.04. The molecule has 3 heteroatoms. The molecule has 1 fully saturated rings. The summed E-state index contributed by atoms with van der Waals surface area (Å²) in [4.78, 5) is 0. The molecule has 0 aromatic heterocycles. The van der Waals surface area contributed by atoms with Crippen molar-refractivity contribution in [3.8, 4) is 5.75 Å². The molecule has 1 aliphatic carbocycles. The third-order valence-corrected chi connectivity index (χ3v) is 3.92. The second kappa shape index (κ2) is 6.44. The monoisotopic (exact) mass is 267 g/mol. The van der Waals surface area contributed by atoms with Crippen LogP contribution in [-0.4, -0.2) is 12.1 Å². The Kier molecular flexibility index (Phi) is 4.90. The van der Waals surface area contributed by atoms with Crippen molar-refractivity contribution in [2.75, 3.05) is 0 Å². The van der Waals surface area contributed by atoms with Gasteiger partial charge < -0.3 is 10.5 Å². The normalized spacial score (nSPS) is 25.3. The smallest absolute Gasteiger partial charge is 0.124 e. The van der Waals surface area contributed by atoms with Gasteiger partial charge in [-0.2, -0.15) is 0 Å². The molecule has 2 atom stereocenters. The predicted molar refractivity (Wildman–Crippen MR) is 76.3 cm³/mol. The predicted octanol–water partition coefficient (Wildman–Crippen LogP) is 4.08. The van der Waals surface area contributed by atoms with Crippen molar-refractivity contribution in [2.24, 2.45) is 5.73 Å². The summed E-state index contributed by atoms with van der Waals surface area (Å²) in [5.41, 5.74) is 7.35. The van der Waals surface area contributed by atoms with Gasteiger partial charge in [0, 0.05) is 11.1 Å². The Hall–Kier alpha value is -0.730. The van der Waals surface area contributed by atoms with Crippen molar-refractivity contribution in [2.45, 2.75) is 57.6 Å². The highest BCUT2D eigenvalue weighted by Gasteiger charge is 2.21. The van der Waals surface area contributed by atoms with Crippen LogP contribution in [0.4, 0.5) is 0 Å². The van der Waals surface area contributed by atoms with Crippen molar-refractivity contribution in [1.82, 2.24) is 0 Å². The van der Waals surface area contributed by atoms with E-state index >= 15 is 0 Å². The fourth-order valence-corrected chi connectivity index (χ4v) is 2.65. The summed E-state index contributed by atoms with van der Waals surface area (Å²) in [6.07, 6.45) is 7.25. The van der Waals surface area contributed by atoms with E-state index in [4.69, 9.17) is 22.1 Å². The van der Waals surface area contributed by atoms with Gasteiger partial charge in [0.2, 0.25) is 0 Å². The van der Waals surface area contributed by atoms with Crippen LogP contribution in [0.15, 0.2) is 18.2 Å². The van der Waals surface area contributed by atoms with Crippen molar-refractivity contribution >= 4 is 11.6 Å². The molecule has 1 saturated carbocycles. The second-order valence-electron chi connectivity index (χ2n) is 5.22. The third-order valence-electron chi connectivity index (χ3n) is 3.68. The molecule has 2 rings (SSSR count). The Balaban J connectivity index is 2.07. The third kappa shape index (κ3) is 3.63. The van der Waals surface area contributed by atoms with Gasteiger partial charge in [0.05, 0.1) is 0 Å². The summed E-state index contributed by atoms with van der Waals surface area (Å²) in [6, 6.07) is 5.92. The van der Waals surface area contributed by atoms with E-state index in [1.165, 1.54) is 25.7 Å². The Labute approximate surface area is 114 Å². The van der Waals surface area contributed by atoms with E-state index in [1.807, 2.05) is 25.1 Å². The molecule has 1 aromatic rings. The number of hydrogen-bond acceptors (Lipinski definition) is 2. The van der Waals surface area contributed by atoms with Crippen LogP contribution in [0.2, 0.25) is 5.02 Å². The summed E-state index contributed by atoms with van der Waals surface area (Å²) in [5.74, 6) is 0.878. The van der Waals surface area contributed by atoms with Crippen LogP contribution in [0.3, 0.4) is 0 Å². The van der Waals surface area contributed by atoms with Gasteiger partial charge in [-0.3, -0.25) is 0 Å². The quantitative estimate of drug-likeness (QED) is 0.876. The minimum atomic E-state index is 0.127. The largest absolute Gasteiger partial charge is 0.488 e. The molecule has 0 radical (unpaired) electrons. The SMILES string of the molecule is Cc1ccc(Cl)cc1OC1CCCCCCC1N. The summed E-state index contributed by atoms with van der Waals surface area (Å²) < 4.78 is 6.11. The van der Waals surface area contributed by atoms with Crippen LogP contribution >= 0.6 is 11.6 Å². The van der Waals surface area contributed by atoms with Crippen LogP contribution in [-0.2, 0) is 0 Å². The lowest BCUT2D eigenvalue weighted by atomic mass is 9.94. The Morgan fingerprint density at radius 1 is 1.17 bits per heavy atom. The molecule has 0 saturated heterocycles. The molecule has 0 aliphatic heterocycles. The zero-order valence-corrected chi connectivity index (χ0v) is 11.7. The maximum atomic E-state index is 6.23. The fraction of sp³-hybridized carbons (Fsp3) is 0.600. The summed E-state index contributed by atoms with van der Waals surface area (Å²) in [7, 11) is 0. The number of benzene rings is 1. The van der Waals surface area contributed by atoms with E-state index in [9.17, 15) is 0 Å². The van der Waals surface area contributed by atoms with Gasteiger partial charge in [-0.05, 0) is 43.9 Å². The maximum absolute atomic E-state index is 6.23. The molecule has 2 nitrogen and oxygen atoms in total. The van der Waals surface area contributed by atoms with Crippen LogP contribution in [0.5, 0.6) is 5.75 Å². The van der Waals surface area contributed by atoms with Crippen molar-refractivity contribution in [3.63, 3.8) is 0 Å². The van der Waals surface area contributed by atoms with E-state index in [1.54, 1.807) is 0 Å². The molecule has 2 unspecified atom stereocenters. The average molecular weight is 268 g/mol. The number of halogens is 1. The Morgan fingerprint density at radius 2 is 1.89 bits per heavy atom. The van der Waals surface area contributed by atoms with Gasteiger partial charge in [0.25, 0.3) is 0 Å². The lowest BCUT2D eigenvalue weighted by Crippen LogP contribution is -2.39. The zero-order valence-electron chi connectivity index (χ0n) is 11.0. The number of rotatable bonds is 2. The number of ether oxygens (including phenoxy) is 1. The highest BCUT2D eigenvalue weighted by molar-refractivity contribution is 6.30. The molecule has 100 valence electrons. The van der Waals surface area contributed by atoms with Crippen LogP contribution in [0.1, 0.15) is 44.1 Å². The molecule has 0 bridgehead atoms. The first-order valence-corrected chi connectivity index (χ1v) is 7.23. The van der Waals surface area contributed by atoms with Crippen LogP contribution < -0.4 is 10.5 Å². The molecular formula is C15H22ClNO. The van der Waals surface area contributed by atoms with E-state index in [0.717, 1.165) is 29.2 Å². The number of nitrogens with two attached hydrogens (primary N) is 1. The van der Waals surface area contributed by atoms with Crippen molar-refractivity contribution in [3.05, 3.63) is 28.8 Å². The lowest BCUT2D eigenvalue weighted by Gasteiger charge is -2.27. The standard InChI is InChI=1S/C15H22ClNO/c1-11-8-9-12(16)10-15(11)18-14-7-5-3-2-4-6-13(14)17/h8-10,13-14H,2-7,17H2,1H3. The van der Waals surface area contributed by atoms with E-state index in [-0.39, 0.29) is 12.1 Å². The van der Waals surface area contributed by atoms with E-state index in [2.05, 4.69) is 0 Å². The number of aryl methyl sites for hydroxylation is 1. The van der Waals surface area contributed by atoms with Gasteiger partial charge in [-0.15, -0.1) is 0 Å². The van der Waals surface area contributed by atoms with Crippen molar-refractivity contribution < 1.29 is 4.74 Å². The lowest BCUT2D eigenvalue weighted by molar-refractivity contribution is 0.144. The molecule has 1 aromatic carbocycles. The summed E-state index contributed by atoms with van der Waals surface area (Å²) >= 11 is 6.02. The minimum Gasteiger partial charge on any atom is -0.488 e. The van der Waals surface area contributed by atoms with E-state index in [0.29, 0.717) is 0 Å². The summed E-state index contributed by atoms with van der Waals surface area (Å²) in [5, 5.41) is 0.718. The molecule has 18 heavy (non-hydrogen) atoms. The zero-order chi connectivity index (χ0) is 13.0. The highest BCUT2D eigenvalue weighted by atomic mass is 35.5. The first kappa shape index (κ1) is 13.7. The minimum absolute atomic E-state index is 0.127. The maximum Gasteiger partial charge on any atom is 0.124 e. The molecule has 0 spiro atoms. The molecule has 1 aliphatic rings. The number of hydrogen-bond donors (Lipinski definition) is 1. The van der Waals surface area contributed by atoms with Crippen LogP contribution in [0, 0.1) is 6.92 Å². The second-order valence-corrected chi connectivity index (χ2v) is 5.66. The molecule has 2 N–H and O–H groups in total. The highest BCUT2D eigenvalue weighted by Crippen LogP contribution is 2.27. The van der Waals surface area contributed by atoms with Gasteiger partial charge in [-0.1, -0.05) is 36.9 Å². The first-order chi connectivity index (χ1) is 8.66. The van der Waals surface area contributed by atoms with Gasteiger partial charge in [0.1, 0.15) is 11.9 Å². The van der Waals surface area contributed by atoms with E-state index < -0.39 is 0 Å². The van der Waals surface area contributed by atoms with Crippen LogP contribution in [0.25, 0.3) is 0 Å². The van der Waals surface area contributed by atoms with Gasteiger partial charge in [0.15, 0.2) is 0 Å². The molecular weight excluding hydrogens is 246 g/mol. The van der Waals surface area contributed by atoms with Crippen molar-refractivity contribution in [1.29, 1.82) is 0 Å². The molecule has 0 amide bonds. The average Bonchev–Trinajstić information content (AvgIpc) is 2.33. The van der Waals surface area contributed by atoms with Gasteiger partial charge >= 0.3 is 0 Å². The Morgan fingerprint density at radius 3 is 2.67 bits per heavy atom.